The minimum atomic E-state index is -0.981. The van der Waals surface area contributed by atoms with Crippen molar-refractivity contribution in [3.63, 3.8) is 0 Å². The number of carbonyl (C=O) groups is 2. The monoisotopic (exact) mass is 335 g/mol. The molecule has 0 aromatic heterocycles. The molecule has 0 radical (unpaired) electrons. The molecule has 6 heteroatoms. The molecular weight excluding hydrogens is 314 g/mol. The second-order valence-electron chi connectivity index (χ2n) is 5.31. The molecule has 0 fully saturated rings. The standard InChI is InChI=1S/C17H21NO4S/c1-21-16(19)12-15(17(20)22-2)18-14-9-7-6-8-13(14)10-11-23(3,4)5/h6-9,12,18H,1-5H3/b15-12+. The van der Waals surface area contributed by atoms with Gasteiger partial charge in [-0.05, 0) is 36.2 Å². The minimum absolute atomic E-state index is 0.0169. The van der Waals surface area contributed by atoms with Gasteiger partial charge < -0.3 is 14.8 Å². The van der Waals surface area contributed by atoms with Crippen LogP contribution in [0, 0.1) is 11.2 Å². The van der Waals surface area contributed by atoms with Crippen molar-refractivity contribution in [2.45, 2.75) is 0 Å². The summed E-state index contributed by atoms with van der Waals surface area (Å²) >= 11 is 0. The number of para-hydroxylation sites is 1. The molecule has 124 valence electrons. The van der Waals surface area contributed by atoms with E-state index < -0.39 is 22.0 Å². The zero-order valence-electron chi connectivity index (χ0n) is 13.9. The summed E-state index contributed by atoms with van der Waals surface area (Å²) in [6.45, 7) is 0. The average molecular weight is 335 g/mol. The van der Waals surface area contributed by atoms with Crippen LogP contribution in [0.15, 0.2) is 36.0 Å². The number of hydrogen-bond donors (Lipinski definition) is 1. The van der Waals surface area contributed by atoms with E-state index in [0.29, 0.717) is 5.69 Å². The van der Waals surface area contributed by atoms with Crippen LogP contribution in [0.2, 0.25) is 0 Å². The molecule has 1 aromatic carbocycles. The Morgan fingerprint density at radius 2 is 1.78 bits per heavy atom. The fourth-order valence-electron chi connectivity index (χ4n) is 1.49. The zero-order valence-corrected chi connectivity index (χ0v) is 14.7. The summed E-state index contributed by atoms with van der Waals surface area (Å²) in [4.78, 5) is 23.2. The summed E-state index contributed by atoms with van der Waals surface area (Å²) in [5.74, 6) is 1.79. The summed E-state index contributed by atoms with van der Waals surface area (Å²) in [5, 5.41) is 6.11. The quantitative estimate of drug-likeness (QED) is 0.520. The Hall–Kier alpha value is -2.39. The number of benzene rings is 1. The van der Waals surface area contributed by atoms with Gasteiger partial charge in [0.2, 0.25) is 0 Å². The molecule has 23 heavy (non-hydrogen) atoms. The Kier molecular flexibility index (Phi) is 6.73. The van der Waals surface area contributed by atoms with E-state index in [0.717, 1.165) is 11.6 Å². The lowest BCUT2D eigenvalue weighted by atomic mass is 10.2. The average Bonchev–Trinajstić information content (AvgIpc) is 2.51. The molecule has 1 aromatic rings. The second-order valence-corrected chi connectivity index (χ2v) is 9.19. The summed E-state index contributed by atoms with van der Waals surface area (Å²) in [7, 11) is 1.49. The SMILES string of the molecule is COC(=O)/C=C(/Nc1ccccc1C#CS(C)(C)C)C(=O)OC. The first-order chi connectivity index (χ1) is 10.8. The number of ether oxygens (including phenoxy) is 2. The highest BCUT2D eigenvalue weighted by Gasteiger charge is 2.14. The first-order valence-electron chi connectivity index (χ1n) is 6.72. The van der Waals surface area contributed by atoms with Gasteiger partial charge >= 0.3 is 11.9 Å². The molecule has 1 N–H and O–H groups in total. The number of carbonyl (C=O) groups excluding carboxylic acids is 2. The molecule has 0 aliphatic rings. The van der Waals surface area contributed by atoms with Crippen LogP contribution in [-0.4, -0.2) is 44.9 Å². The molecule has 1 rings (SSSR count). The summed E-state index contributed by atoms with van der Waals surface area (Å²) in [5.41, 5.74) is 1.33. The maximum absolute atomic E-state index is 11.8. The maximum Gasteiger partial charge on any atom is 0.354 e. The molecule has 0 spiro atoms. The Balaban J connectivity index is 3.19. The molecule has 0 atom stereocenters. The Labute approximate surface area is 138 Å². The second kappa shape index (κ2) is 8.30. The minimum Gasteiger partial charge on any atom is -0.466 e. The molecule has 0 aliphatic heterocycles. The third kappa shape index (κ3) is 6.49. The molecule has 0 aliphatic carbocycles. The van der Waals surface area contributed by atoms with Gasteiger partial charge in [0, 0.05) is 5.56 Å². The molecule has 0 saturated carbocycles. The topological polar surface area (TPSA) is 64.6 Å². The zero-order chi connectivity index (χ0) is 17.5. The van der Waals surface area contributed by atoms with Crippen molar-refractivity contribution in [2.24, 2.45) is 0 Å². The smallest absolute Gasteiger partial charge is 0.354 e. The number of rotatable bonds is 4. The van der Waals surface area contributed by atoms with Gasteiger partial charge in [-0.3, -0.25) is 0 Å². The number of nitrogens with one attached hydrogen (secondary N) is 1. The van der Waals surface area contributed by atoms with Gasteiger partial charge in [-0.1, -0.05) is 18.1 Å². The van der Waals surface area contributed by atoms with Gasteiger partial charge in [0.05, 0.1) is 26.0 Å². The van der Waals surface area contributed by atoms with Crippen molar-refractivity contribution in [2.75, 3.05) is 38.3 Å². The van der Waals surface area contributed by atoms with Crippen molar-refractivity contribution in [3.8, 4) is 11.2 Å². The number of hydrogen-bond acceptors (Lipinski definition) is 5. The highest BCUT2D eigenvalue weighted by atomic mass is 32.3. The van der Waals surface area contributed by atoms with Crippen LogP contribution in [-0.2, 0) is 19.1 Å². The van der Waals surface area contributed by atoms with E-state index in [-0.39, 0.29) is 5.70 Å². The highest BCUT2D eigenvalue weighted by molar-refractivity contribution is 8.35. The van der Waals surface area contributed by atoms with E-state index in [1.54, 1.807) is 6.07 Å². The van der Waals surface area contributed by atoms with Crippen LogP contribution >= 0.6 is 10.0 Å². The van der Waals surface area contributed by atoms with E-state index >= 15 is 0 Å². The van der Waals surface area contributed by atoms with Crippen LogP contribution in [0.3, 0.4) is 0 Å². The number of methoxy groups -OCH3 is 2. The molecule has 0 saturated heterocycles. The molecule has 0 heterocycles. The lowest BCUT2D eigenvalue weighted by Gasteiger charge is -2.15. The van der Waals surface area contributed by atoms with E-state index in [9.17, 15) is 9.59 Å². The van der Waals surface area contributed by atoms with Crippen LogP contribution in [0.5, 0.6) is 0 Å². The molecule has 0 unspecified atom stereocenters. The molecular formula is C17H21NO4S. The first-order valence-corrected chi connectivity index (χ1v) is 9.57. The van der Waals surface area contributed by atoms with Crippen LogP contribution < -0.4 is 5.32 Å². The van der Waals surface area contributed by atoms with E-state index in [1.807, 2.05) is 18.2 Å². The fraction of sp³-hybridized carbons (Fsp3) is 0.294. The van der Waals surface area contributed by atoms with Gasteiger partial charge in [-0.15, -0.1) is 0 Å². The van der Waals surface area contributed by atoms with Gasteiger partial charge in [-0.2, -0.15) is 10.0 Å². The Morgan fingerprint density at radius 3 is 2.35 bits per heavy atom. The van der Waals surface area contributed by atoms with Crippen LogP contribution in [0.25, 0.3) is 0 Å². The van der Waals surface area contributed by atoms with Gasteiger partial charge in [0.25, 0.3) is 0 Å². The van der Waals surface area contributed by atoms with Gasteiger partial charge in [0.1, 0.15) is 5.70 Å². The molecule has 0 bridgehead atoms. The van der Waals surface area contributed by atoms with Crippen molar-refractivity contribution < 1.29 is 19.1 Å². The largest absolute Gasteiger partial charge is 0.466 e. The fourth-order valence-corrected chi connectivity index (χ4v) is 1.90. The third-order valence-corrected chi connectivity index (χ3v) is 3.27. The maximum atomic E-state index is 11.8. The van der Waals surface area contributed by atoms with Crippen molar-refractivity contribution in [3.05, 3.63) is 41.6 Å². The lowest BCUT2D eigenvalue weighted by Crippen LogP contribution is -2.16. The van der Waals surface area contributed by atoms with E-state index in [4.69, 9.17) is 0 Å². The summed E-state index contributed by atoms with van der Waals surface area (Å²) < 4.78 is 9.22. The number of anilines is 1. The van der Waals surface area contributed by atoms with Gasteiger partial charge in [-0.25, -0.2) is 9.59 Å². The molecule has 0 amide bonds. The van der Waals surface area contributed by atoms with Crippen molar-refractivity contribution in [1.82, 2.24) is 0 Å². The lowest BCUT2D eigenvalue weighted by molar-refractivity contribution is -0.138. The first kappa shape index (κ1) is 18.7. The molecule has 5 nitrogen and oxygen atoms in total. The third-order valence-electron chi connectivity index (χ3n) is 2.56. The van der Waals surface area contributed by atoms with E-state index in [1.165, 1.54) is 14.2 Å². The van der Waals surface area contributed by atoms with Crippen molar-refractivity contribution >= 4 is 27.7 Å². The highest BCUT2D eigenvalue weighted by Crippen LogP contribution is 2.32. The van der Waals surface area contributed by atoms with Crippen molar-refractivity contribution in [1.29, 1.82) is 0 Å². The van der Waals surface area contributed by atoms with Crippen LogP contribution in [0.1, 0.15) is 5.56 Å². The Bertz CT molecular complexity index is 678. The van der Waals surface area contributed by atoms with E-state index in [2.05, 4.69) is 44.7 Å². The predicted molar refractivity (Wildman–Crippen MR) is 94.4 cm³/mol. The van der Waals surface area contributed by atoms with Gasteiger partial charge in [0.15, 0.2) is 0 Å². The number of esters is 2. The van der Waals surface area contributed by atoms with Crippen LogP contribution in [0.4, 0.5) is 5.69 Å². The summed E-state index contributed by atoms with van der Waals surface area (Å²) in [6.07, 6.45) is 7.32. The Morgan fingerprint density at radius 1 is 1.13 bits per heavy atom. The normalized spacial score (nSPS) is 11.8. The predicted octanol–water partition coefficient (Wildman–Crippen LogP) is 2.33. The summed E-state index contributed by atoms with van der Waals surface area (Å²) in [6, 6.07) is 7.28.